The van der Waals surface area contributed by atoms with Crippen LogP contribution in [0.2, 0.25) is 5.02 Å². The van der Waals surface area contributed by atoms with Crippen LogP contribution in [0.5, 0.6) is 0 Å². The highest BCUT2D eigenvalue weighted by Gasteiger charge is 2.18. The number of hydrogen-bond donors (Lipinski definition) is 2. The van der Waals surface area contributed by atoms with Gasteiger partial charge < -0.3 is 11.1 Å². The summed E-state index contributed by atoms with van der Waals surface area (Å²) < 4.78 is 1.38. The van der Waals surface area contributed by atoms with E-state index in [2.05, 4.69) is 15.6 Å². The van der Waals surface area contributed by atoms with Gasteiger partial charge >= 0.3 is 0 Å². The van der Waals surface area contributed by atoms with E-state index in [9.17, 15) is 4.79 Å². The van der Waals surface area contributed by atoms with E-state index in [1.165, 1.54) is 4.68 Å². The summed E-state index contributed by atoms with van der Waals surface area (Å²) in [4.78, 5) is 12.2. The van der Waals surface area contributed by atoms with Crippen molar-refractivity contribution in [2.24, 2.45) is 0 Å². The maximum absolute atomic E-state index is 12.2. The monoisotopic (exact) mass is 327 g/mol. The third-order valence-electron chi connectivity index (χ3n) is 3.27. The van der Waals surface area contributed by atoms with Crippen LogP contribution >= 0.6 is 11.6 Å². The predicted molar refractivity (Wildman–Crippen MR) is 88.4 cm³/mol. The van der Waals surface area contributed by atoms with Gasteiger partial charge in [0.15, 0.2) is 11.5 Å². The van der Waals surface area contributed by atoms with E-state index in [1.54, 1.807) is 24.3 Å². The van der Waals surface area contributed by atoms with Crippen LogP contribution in [0.1, 0.15) is 16.1 Å². The maximum atomic E-state index is 12.2. The molecule has 0 aliphatic heterocycles. The first kappa shape index (κ1) is 15.1. The highest BCUT2D eigenvalue weighted by molar-refractivity contribution is 6.30. The van der Waals surface area contributed by atoms with Crippen molar-refractivity contribution in [2.75, 3.05) is 5.73 Å². The summed E-state index contributed by atoms with van der Waals surface area (Å²) in [5.41, 5.74) is 7.70. The number of amides is 1. The zero-order valence-electron chi connectivity index (χ0n) is 12.1. The Kier molecular flexibility index (Phi) is 4.25. The Morgan fingerprint density at radius 2 is 1.96 bits per heavy atom. The lowest BCUT2D eigenvalue weighted by molar-refractivity contribution is 0.0947. The highest BCUT2D eigenvalue weighted by atomic mass is 35.5. The Labute approximate surface area is 137 Å². The largest absolute Gasteiger partial charge is 0.382 e. The molecule has 0 bridgehead atoms. The van der Waals surface area contributed by atoms with Crippen LogP contribution < -0.4 is 11.1 Å². The van der Waals surface area contributed by atoms with Crippen LogP contribution in [0.4, 0.5) is 5.82 Å². The fraction of sp³-hybridized carbons (Fsp3) is 0.0625. The number of anilines is 1. The Morgan fingerprint density at radius 1 is 1.17 bits per heavy atom. The van der Waals surface area contributed by atoms with Crippen LogP contribution in [-0.2, 0) is 6.54 Å². The summed E-state index contributed by atoms with van der Waals surface area (Å²) in [7, 11) is 0. The molecule has 0 radical (unpaired) electrons. The number of benzene rings is 2. The Hall–Kier alpha value is -2.86. The van der Waals surface area contributed by atoms with Crippen LogP contribution in [-0.4, -0.2) is 20.9 Å². The summed E-state index contributed by atoms with van der Waals surface area (Å²) in [5.74, 6) is -0.211. The molecule has 7 heteroatoms. The van der Waals surface area contributed by atoms with E-state index in [4.69, 9.17) is 17.3 Å². The zero-order valence-corrected chi connectivity index (χ0v) is 12.9. The van der Waals surface area contributed by atoms with E-state index in [0.717, 1.165) is 5.56 Å². The zero-order chi connectivity index (χ0) is 16.2. The van der Waals surface area contributed by atoms with Gasteiger partial charge in [-0.1, -0.05) is 53.2 Å². The van der Waals surface area contributed by atoms with Gasteiger partial charge in [0.1, 0.15) is 0 Å². The number of hydrogen-bond acceptors (Lipinski definition) is 4. The molecule has 116 valence electrons. The van der Waals surface area contributed by atoms with E-state index in [0.29, 0.717) is 17.3 Å². The van der Waals surface area contributed by atoms with Crippen molar-refractivity contribution in [3.05, 3.63) is 70.9 Å². The SMILES string of the molecule is Nc1c(C(=O)NCc2ccccc2)nnn1-c1cccc(Cl)c1. The third-order valence-corrected chi connectivity index (χ3v) is 3.50. The number of rotatable bonds is 4. The molecule has 0 atom stereocenters. The molecule has 23 heavy (non-hydrogen) atoms. The molecule has 1 heterocycles. The quantitative estimate of drug-likeness (QED) is 0.770. The van der Waals surface area contributed by atoms with Crippen molar-refractivity contribution in [1.82, 2.24) is 20.3 Å². The molecule has 0 aliphatic carbocycles. The van der Waals surface area contributed by atoms with Crippen LogP contribution in [0.15, 0.2) is 54.6 Å². The number of nitrogens with two attached hydrogens (primary N) is 1. The molecular weight excluding hydrogens is 314 g/mol. The molecule has 0 saturated carbocycles. The first-order chi connectivity index (χ1) is 11.1. The minimum absolute atomic E-state index is 0.0842. The minimum atomic E-state index is -0.375. The molecule has 0 unspecified atom stereocenters. The van der Waals surface area contributed by atoms with Crippen molar-refractivity contribution in [2.45, 2.75) is 6.54 Å². The summed E-state index contributed by atoms with van der Waals surface area (Å²) in [5, 5.41) is 11.1. The maximum Gasteiger partial charge on any atom is 0.275 e. The average molecular weight is 328 g/mol. The van der Waals surface area contributed by atoms with Crippen molar-refractivity contribution in [3.8, 4) is 5.69 Å². The lowest BCUT2D eigenvalue weighted by atomic mass is 10.2. The first-order valence-electron chi connectivity index (χ1n) is 6.94. The molecule has 1 aromatic heterocycles. The molecule has 0 spiro atoms. The van der Waals surface area contributed by atoms with Gasteiger partial charge in [0.05, 0.1) is 5.69 Å². The Bertz CT molecular complexity index is 831. The van der Waals surface area contributed by atoms with Crippen LogP contribution in [0.25, 0.3) is 5.69 Å². The Morgan fingerprint density at radius 3 is 2.70 bits per heavy atom. The highest BCUT2D eigenvalue weighted by Crippen LogP contribution is 2.18. The normalized spacial score (nSPS) is 10.5. The Balaban J connectivity index is 1.77. The van der Waals surface area contributed by atoms with Gasteiger partial charge in [0.25, 0.3) is 5.91 Å². The molecule has 2 aromatic carbocycles. The summed E-state index contributed by atoms with van der Waals surface area (Å²) in [6.45, 7) is 0.392. The number of aromatic nitrogens is 3. The molecule has 3 rings (SSSR count). The molecule has 3 aromatic rings. The lowest BCUT2D eigenvalue weighted by Gasteiger charge is -2.05. The molecular formula is C16H14ClN5O. The van der Waals surface area contributed by atoms with Gasteiger partial charge in [-0.25, -0.2) is 0 Å². The third kappa shape index (κ3) is 3.32. The topological polar surface area (TPSA) is 85.8 Å². The van der Waals surface area contributed by atoms with Crippen molar-refractivity contribution >= 4 is 23.3 Å². The average Bonchev–Trinajstić information content (AvgIpc) is 2.95. The smallest absolute Gasteiger partial charge is 0.275 e. The van der Waals surface area contributed by atoms with Gasteiger partial charge in [0.2, 0.25) is 0 Å². The number of nitrogen functional groups attached to an aromatic ring is 1. The van der Waals surface area contributed by atoms with Gasteiger partial charge in [-0.2, -0.15) is 4.68 Å². The molecule has 0 aliphatic rings. The lowest BCUT2D eigenvalue weighted by Crippen LogP contribution is -2.24. The first-order valence-corrected chi connectivity index (χ1v) is 7.32. The van der Waals surface area contributed by atoms with Crippen molar-refractivity contribution in [1.29, 1.82) is 0 Å². The van der Waals surface area contributed by atoms with Crippen molar-refractivity contribution in [3.63, 3.8) is 0 Å². The van der Waals surface area contributed by atoms with E-state index in [-0.39, 0.29) is 17.4 Å². The van der Waals surface area contributed by atoms with E-state index in [1.807, 2.05) is 30.3 Å². The van der Waals surface area contributed by atoms with E-state index >= 15 is 0 Å². The summed E-state index contributed by atoms with van der Waals surface area (Å²) in [6, 6.07) is 16.6. The second-order valence-electron chi connectivity index (χ2n) is 4.88. The van der Waals surface area contributed by atoms with Crippen LogP contribution in [0.3, 0.4) is 0 Å². The second kappa shape index (κ2) is 6.50. The molecule has 0 saturated heterocycles. The fourth-order valence-electron chi connectivity index (χ4n) is 2.11. The number of nitrogens with zero attached hydrogens (tertiary/aromatic N) is 3. The van der Waals surface area contributed by atoms with E-state index < -0.39 is 0 Å². The second-order valence-corrected chi connectivity index (χ2v) is 5.32. The number of nitrogens with one attached hydrogen (secondary N) is 1. The van der Waals surface area contributed by atoms with Crippen molar-refractivity contribution < 1.29 is 4.79 Å². The fourth-order valence-corrected chi connectivity index (χ4v) is 2.30. The van der Waals surface area contributed by atoms with Gasteiger partial charge in [-0.3, -0.25) is 4.79 Å². The molecule has 0 fully saturated rings. The predicted octanol–water partition coefficient (Wildman–Crippen LogP) is 2.43. The molecule has 3 N–H and O–H groups in total. The van der Waals surface area contributed by atoms with Gasteiger partial charge in [0, 0.05) is 11.6 Å². The molecule has 1 amide bonds. The number of halogens is 1. The van der Waals surface area contributed by atoms with Crippen LogP contribution in [0, 0.1) is 0 Å². The van der Waals surface area contributed by atoms with Gasteiger partial charge in [-0.05, 0) is 23.8 Å². The minimum Gasteiger partial charge on any atom is -0.382 e. The van der Waals surface area contributed by atoms with Gasteiger partial charge in [-0.15, -0.1) is 5.10 Å². The summed E-state index contributed by atoms with van der Waals surface area (Å²) >= 11 is 5.95. The standard InChI is InChI=1S/C16H14ClN5O/c17-12-7-4-8-13(9-12)22-15(18)14(20-21-22)16(23)19-10-11-5-2-1-3-6-11/h1-9H,10,18H2,(H,19,23). The molecule has 6 nitrogen and oxygen atoms in total. The summed E-state index contributed by atoms with van der Waals surface area (Å²) in [6.07, 6.45) is 0. The number of carbonyl (C=O) groups excluding carboxylic acids is 1. The number of carbonyl (C=O) groups is 1.